The summed E-state index contributed by atoms with van der Waals surface area (Å²) in [7, 11) is 0. The third-order valence-corrected chi connectivity index (χ3v) is 3.47. The zero-order valence-electron chi connectivity index (χ0n) is 14.8. The second-order valence-corrected chi connectivity index (χ2v) is 5.40. The van der Waals surface area contributed by atoms with Gasteiger partial charge in [0, 0.05) is 29.4 Å². The predicted molar refractivity (Wildman–Crippen MR) is 98.1 cm³/mol. The second-order valence-electron chi connectivity index (χ2n) is 5.40. The Kier molecular flexibility index (Phi) is 6.74. The molecule has 0 spiro atoms. The molecule has 10 heteroatoms. The summed E-state index contributed by atoms with van der Waals surface area (Å²) in [5, 5.41) is 5.09. The van der Waals surface area contributed by atoms with E-state index in [1.165, 1.54) is 6.07 Å². The number of nitrogens with two attached hydrogens (primary N) is 1. The van der Waals surface area contributed by atoms with E-state index in [4.69, 9.17) is 10.2 Å². The molecule has 3 aromatic rings. The molecule has 0 atom stereocenters. The van der Waals surface area contributed by atoms with Crippen molar-refractivity contribution >= 4 is 28.9 Å². The normalized spacial score (nSPS) is 9.96. The van der Waals surface area contributed by atoms with E-state index < -0.39 is 17.7 Å². The fourth-order valence-electron chi connectivity index (χ4n) is 2.15. The monoisotopic (exact) mass is 389 g/mol. The summed E-state index contributed by atoms with van der Waals surface area (Å²) in [6.07, 6.45) is 4.26. The number of fused-ring (bicyclic) bond motifs is 1. The molecule has 2 aromatic heterocycles. The minimum atomic E-state index is -0.770. The summed E-state index contributed by atoms with van der Waals surface area (Å²) < 4.78 is 31.6. The van der Waals surface area contributed by atoms with Crippen LogP contribution in [0.1, 0.15) is 11.3 Å². The van der Waals surface area contributed by atoms with Crippen LogP contribution in [0.15, 0.2) is 47.7 Å². The van der Waals surface area contributed by atoms with Gasteiger partial charge in [-0.25, -0.2) is 23.5 Å². The zero-order valence-corrected chi connectivity index (χ0v) is 14.8. The van der Waals surface area contributed by atoms with E-state index in [2.05, 4.69) is 27.2 Å². The van der Waals surface area contributed by atoms with Crippen LogP contribution in [0.2, 0.25) is 0 Å². The number of primary amides is 1. The van der Waals surface area contributed by atoms with Gasteiger partial charge >= 0.3 is 6.03 Å². The topological polar surface area (TPSA) is 123 Å². The molecule has 146 valence electrons. The lowest BCUT2D eigenvalue weighted by molar-refractivity contribution is -0.111. The van der Waals surface area contributed by atoms with Gasteiger partial charge in [-0.2, -0.15) is 0 Å². The van der Waals surface area contributed by atoms with Crippen LogP contribution in [-0.4, -0.2) is 21.9 Å². The van der Waals surface area contributed by atoms with Crippen LogP contribution in [0.3, 0.4) is 0 Å². The summed E-state index contributed by atoms with van der Waals surface area (Å²) >= 11 is 0. The predicted octanol–water partition coefficient (Wildman–Crippen LogP) is 2.79. The molecule has 2 heterocycles. The number of halogens is 2. The molecule has 3 amide bonds. The highest BCUT2D eigenvalue weighted by Gasteiger charge is 2.15. The maximum atomic E-state index is 13.4. The van der Waals surface area contributed by atoms with Gasteiger partial charge < -0.3 is 15.5 Å². The van der Waals surface area contributed by atoms with Gasteiger partial charge in [0.2, 0.25) is 11.9 Å². The third-order valence-electron chi connectivity index (χ3n) is 3.47. The van der Waals surface area contributed by atoms with Crippen molar-refractivity contribution in [1.29, 1.82) is 0 Å². The lowest BCUT2D eigenvalue weighted by Gasteiger charge is -1.98. The number of nitrogens with zero attached hydrogens (tertiary/aromatic N) is 2. The molecule has 0 saturated carbocycles. The molecule has 0 unspecified atom stereocenters. The van der Waals surface area contributed by atoms with Crippen molar-refractivity contribution in [3.05, 3.63) is 66.2 Å². The number of rotatable bonds is 4. The number of hydrogen-bond donors (Lipinski definition) is 3. The number of carbonyl (C=O) groups excluding carboxylic acids is 2. The summed E-state index contributed by atoms with van der Waals surface area (Å²) in [5.74, 6) is -1.11. The smallest absolute Gasteiger partial charge is 0.312 e. The van der Waals surface area contributed by atoms with Crippen molar-refractivity contribution in [3.8, 4) is 0 Å². The number of anilines is 1. The molecule has 3 rings (SSSR count). The van der Waals surface area contributed by atoms with Gasteiger partial charge in [-0.3, -0.25) is 10.1 Å². The van der Waals surface area contributed by atoms with E-state index in [0.29, 0.717) is 16.7 Å². The average Bonchev–Trinajstić information content (AvgIpc) is 2.98. The van der Waals surface area contributed by atoms with Crippen molar-refractivity contribution in [3.63, 3.8) is 0 Å². The highest BCUT2D eigenvalue weighted by Crippen LogP contribution is 2.28. The molecule has 0 radical (unpaired) electrons. The van der Waals surface area contributed by atoms with Crippen molar-refractivity contribution in [2.45, 2.75) is 13.5 Å². The average molecular weight is 389 g/mol. The molecule has 28 heavy (non-hydrogen) atoms. The Morgan fingerprint density at radius 1 is 1.29 bits per heavy atom. The number of nitrogens with one attached hydrogen (secondary N) is 2. The molecule has 0 aliphatic carbocycles. The Hall–Kier alpha value is -3.82. The number of furan rings is 1. The number of carbonyl (C=O) groups is 2. The minimum Gasteiger partial charge on any atom is -0.456 e. The Morgan fingerprint density at radius 3 is 2.57 bits per heavy atom. The molecule has 0 bridgehead atoms. The van der Waals surface area contributed by atoms with E-state index in [1.54, 1.807) is 25.4 Å². The zero-order chi connectivity index (χ0) is 20.7. The fourth-order valence-corrected chi connectivity index (χ4v) is 2.15. The van der Waals surface area contributed by atoms with Gasteiger partial charge in [0.25, 0.3) is 0 Å². The molecule has 1 aromatic carbocycles. The van der Waals surface area contributed by atoms with Crippen LogP contribution in [0, 0.1) is 18.6 Å². The van der Waals surface area contributed by atoms with E-state index >= 15 is 0 Å². The SMILES string of the molecule is C=CC(=O)Nc1ncccn1.Cc1c(CNC(N)=O)oc2c(F)cc(F)cc12. The first-order valence-electron chi connectivity index (χ1n) is 7.92. The van der Waals surface area contributed by atoms with Gasteiger partial charge in [-0.05, 0) is 25.1 Å². The lowest BCUT2D eigenvalue weighted by atomic mass is 10.1. The quantitative estimate of drug-likeness (QED) is 0.592. The first-order valence-corrected chi connectivity index (χ1v) is 7.92. The van der Waals surface area contributed by atoms with E-state index in [0.717, 1.165) is 12.1 Å². The largest absolute Gasteiger partial charge is 0.456 e. The first-order chi connectivity index (χ1) is 13.3. The molecule has 0 saturated heterocycles. The van der Waals surface area contributed by atoms with Crippen LogP contribution in [-0.2, 0) is 11.3 Å². The van der Waals surface area contributed by atoms with E-state index in [9.17, 15) is 18.4 Å². The number of hydrogen-bond acceptors (Lipinski definition) is 5. The van der Waals surface area contributed by atoms with Crippen LogP contribution in [0.5, 0.6) is 0 Å². The molecule has 0 aliphatic heterocycles. The molecule has 4 N–H and O–H groups in total. The first kappa shape index (κ1) is 20.5. The Balaban J connectivity index is 0.000000221. The van der Waals surface area contributed by atoms with E-state index in [1.807, 2.05) is 0 Å². The molecular weight excluding hydrogens is 372 g/mol. The Bertz CT molecular complexity index is 1010. The maximum Gasteiger partial charge on any atom is 0.312 e. The second kappa shape index (κ2) is 9.21. The van der Waals surface area contributed by atoms with Crippen molar-refractivity contribution < 1.29 is 22.8 Å². The number of aromatic nitrogens is 2. The van der Waals surface area contributed by atoms with Crippen LogP contribution in [0.4, 0.5) is 19.5 Å². The van der Waals surface area contributed by atoms with Crippen LogP contribution < -0.4 is 16.4 Å². The van der Waals surface area contributed by atoms with Crippen molar-refractivity contribution in [2.75, 3.05) is 5.32 Å². The highest BCUT2D eigenvalue weighted by atomic mass is 19.1. The standard InChI is InChI=1S/C11H10F2N2O2.C7H7N3O/c1-5-7-2-6(12)3-8(13)10(7)17-9(5)4-15-11(14)16;1-2-6(11)10-7-8-4-3-5-9-7/h2-3H,4H2,1H3,(H3,14,15,16);2-5H,1H2,(H,8,9,10,11). The van der Waals surface area contributed by atoms with Crippen LogP contribution in [0.25, 0.3) is 11.0 Å². The lowest BCUT2D eigenvalue weighted by Crippen LogP contribution is -2.28. The maximum absolute atomic E-state index is 13.4. The molecule has 8 nitrogen and oxygen atoms in total. The van der Waals surface area contributed by atoms with Gasteiger partial charge in [0.15, 0.2) is 11.4 Å². The highest BCUT2D eigenvalue weighted by molar-refractivity contribution is 5.97. The summed E-state index contributed by atoms with van der Waals surface area (Å²) in [6.45, 7) is 4.98. The van der Waals surface area contributed by atoms with Crippen molar-refractivity contribution in [2.24, 2.45) is 5.73 Å². The number of aryl methyl sites for hydroxylation is 1. The third kappa shape index (κ3) is 5.34. The van der Waals surface area contributed by atoms with E-state index in [-0.39, 0.29) is 24.0 Å². The van der Waals surface area contributed by atoms with Gasteiger partial charge in [-0.15, -0.1) is 0 Å². The van der Waals surface area contributed by atoms with Gasteiger partial charge in [-0.1, -0.05) is 6.58 Å². The summed E-state index contributed by atoms with van der Waals surface area (Å²) in [4.78, 5) is 28.8. The van der Waals surface area contributed by atoms with Gasteiger partial charge in [0.05, 0.1) is 6.54 Å². The molecule has 0 aliphatic rings. The summed E-state index contributed by atoms with van der Waals surface area (Å²) in [6, 6.07) is 2.89. The number of benzene rings is 1. The molecule has 0 fully saturated rings. The summed E-state index contributed by atoms with van der Waals surface area (Å²) in [5.41, 5.74) is 5.47. The minimum absolute atomic E-state index is 0.0230. The van der Waals surface area contributed by atoms with Gasteiger partial charge in [0.1, 0.15) is 11.6 Å². The number of urea groups is 1. The molecular formula is C18H17F2N5O3. The van der Waals surface area contributed by atoms with Crippen LogP contribution >= 0.6 is 0 Å². The van der Waals surface area contributed by atoms with Crippen molar-refractivity contribution in [1.82, 2.24) is 15.3 Å². The Morgan fingerprint density at radius 2 is 1.96 bits per heavy atom. The fraction of sp³-hybridized carbons (Fsp3) is 0.111. The number of amides is 3. The Labute approximate surface area is 158 Å².